The standard InChI is InChI=1S/C18H23FN6O5S.C2HF3O2/c1-10-8-14(13(16(20)26)6-7-30-24-18(21)22)15(17(27)23-10)25-31(28,29)9-11-2-4-12(19)5-3-11;3-2(4,5)1(6)7/h2-5,8,13,25H,6-7,9H2,1H3,(H2,20,26)(H,23,27)(H4,21,22,24);(H,6,7). The van der Waals surface area contributed by atoms with Crippen molar-refractivity contribution < 1.29 is 45.5 Å². The number of aromatic nitrogens is 1. The van der Waals surface area contributed by atoms with Crippen LogP contribution in [-0.4, -0.2) is 49.1 Å². The Hall–Kier alpha value is -4.35. The molecule has 0 aliphatic heterocycles. The molecule has 1 unspecified atom stereocenters. The lowest BCUT2D eigenvalue weighted by molar-refractivity contribution is -0.192. The van der Waals surface area contributed by atoms with Crippen molar-refractivity contribution in [2.75, 3.05) is 11.3 Å². The van der Waals surface area contributed by atoms with Crippen molar-refractivity contribution in [3.05, 3.63) is 63.3 Å². The number of carboxylic acids is 1. The molecular formula is C20H24F4N6O7S. The first kappa shape index (κ1) is 31.7. The Morgan fingerprint density at radius 3 is 2.21 bits per heavy atom. The van der Waals surface area contributed by atoms with E-state index in [2.05, 4.69) is 14.9 Å². The number of alkyl halides is 3. The van der Waals surface area contributed by atoms with Crippen molar-refractivity contribution in [1.82, 2.24) is 4.98 Å². The number of carbonyl (C=O) groups is 2. The number of H-pyrrole nitrogens is 1. The fraction of sp³-hybridized carbons (Fsp3) is 0.300. The highest BCUT2D eigenvalue weighted by Gasteiger charge is 2.38. The minimum absolute atomic E-state index is 0.0261. The van der Waals surface area contributed by atoms with Gasteiger partial charge in [0, 0.05) is 5.69 Å². The summed E-state index contributed by atoms with van der Waals surface area (Å²) in [6.07, 6.45) is -5.11. The second-order valence-electron chi connectivity index (χ2n) is 7.50. The van der Waals surface area contributed by atoms with Crippen LogP contribution in [0, 0.1) is 12.7 Å². The number of rotatable bonds is 10. The minimum Gasteiger partial charge on any atom is -0.475 e. The number of hydrogen-bond acceptors (Lipinski definition) is 7. The van der Waals surface area contributed by atoms with Gasteiger partial charge < -0.3 is 32.1 Å². The molecule has 0 saturated carbocycles. The molecular weight excluding hydrogens is 544 g/mol. The molecule has 9 N–H and O–H groups in total. The summed E-state index contributed by atoms with van der Waals surface area (Å²) < 4.78 is 72.3. The van der Waals surface area contributed by atoms with Crippen molar-refractivity contribution in [3.63, 3.8) is 0 Å². The smallest absolute Gasteiger partial charge is 0.475 e. The first-order valence-corrected chi connectivity index (χ1v) is 11.9. The molecule has 0 radical (unpaired) electrons. The van der Waals surface area contributed by atoms with Crippen molar-refractivity contribution in [2.45, 2.75) is 31.2 Å². The summed E-state index contributed by atoms with van der Waals surface area (Å²) in [4.78, 5) is 40.8. The number of amides is 1. The molecule has 13 nitrogen and oxygen atoms in total. The normalized spacial score (nSPS) is 11.9. The average Bonchev–Trinajstić information content (AvgIpc) is 2.76. The van der Waals surface area contributed by atoms with Gasteiger partial charge in [-0.1, -0.05) is 12.1 Å². The molecule has 1 atom stereocenters. The number of oxime groups is 1. The van der Waals surface area contributed by atoms with Gasteiger partial charge >= 0.3 is 12.1 Å². The SMILES string of the molecule is Cc1cc(C(CCON=C(N)N)C(N)=O)c(NS(=O)(=O)Cc2ccc(F)cc2)c(=O)[nH]1.O=C(O)C(F)(F)F. The highest BCUT2D eigenvalue weighted by Crippen LogP contribution is 2.26. The monoisotopic (exact) mass is 568 g/mol. The van der Waals surface area contributed by atoms with Gasteiger partial charge in [-0.05, 0) is 47.8 Å². The molecule has 2 aromatic rings. The van der Waals surface area contributed by atoms with E-state index in [9.17, 15) is 35.6 Å². The predicted octanol–water partition coefficient (Wildman–Crippen LogP) is 0.562. The number of carbonyl (C=O) groups excluding carboxylic acids is 1. The number of nitrogens with zero attached hydrogens (tertiary/aromatic N) is 1. The molecule has 38 heavy (non-hydrogen) atoms. The Morgan fingerprint density at radius 2 is 1.74 bits per heavy atom. The van der Waals surface area contributed by atoms with E-state index in [1.807, 2.05) is 0 Å². The Balaban J connectivity index is 0.000000905. The van der Waals surface area contributed by atoms with Gasteiger partial charge in [0.15, 0.2) is 0 Å². The number of carboxylic acid groups (broad SMARTS) is 1. The number of benzene rings is 1. The second-order valence-corrected chi connectivity index (χ2v) is 9.22. The van der Waals surface area contributed by atoms with Crippen LogP contribution in [0.5, 0.6) is 0 Å². The molecule has 18 heteroatoms. The second kappa shape index (κ2) is 13.3. The number of aliphatic carboxylic acids is 1. The van der Waals surface area contributed by atoms with E-state index < -0.39 is 51.1 Å². The summed E-state index contributed by atoms with van der Waals surface area (Å²) in [7, 11) is -4.08. The van der Waals surface area contributed by atoms with Crippen LogP contribution in [0.2, 0.25) is 0 Å². The van der Waals surface area contributed by atoms with Crippen LogP contribution in [-0.2, 0) is 30.2 Å². The number of guanidine groups is 1. The van der Waals surface area contributed by atoms with Crippen LogP contribution in [0.3, 0.4) is 0 Å². The molecule has 1 heterocycles. The molecule has 0 bridgehead atoms. The lowest BCUT2D eigenvalue weighted by Crippen LogP contribution is -2.29. The van der Waals surface area contributed by atoms with Gasteiger partial charge in [0.2, 0.25) is 21.9 Å². The maximum Gasteiger partial charge on any atom is 0.490 e. The summed E-state index contributed by atoms with van der Waals surface area (Å²) in [5.41, 5.74) is 15.4. The molecule has 0 saturated heterocycles. The van der Waals surface area contributed by atoms with Crippen LogP contribution in [0.25, 0.3) is 0 Å². The average molecular weight is 569 g/mol. The molecule has 1 aromatic carbocycles. The van der Waals surface area contributed by atoms with E-state index in [1.54, 1.807) is 6.92 Å². The first-order chi connectivity index (χ1) is 17.4. The number of pyridine rings is 1. The number of aromatic amines is 1. The van der Waals surface area contributed by atoms with E-state index in [-0.39, 0.29) is 30.2 Å². The maximum atomic E-state index is 13.1. The quantitative estimate of drug-likeness (QED) is 0.0771. The van der Waals surface area contributed by atoms with Crippen LogP contribution < -0.4 is 27.5 Å². The Kier molecular flexibility index (Phi) is 11.1. The zero-order valence-corrected chi connectivity index (χ0v) is 20.4. The zero-order valence-electron chi connectivity index (χ0n) is 19.6. The number of sulfonamides is 1. The van der Waals surface area contributed by atoms with E-state index in [0.29, 0.717) is 11.3 Å². The summed E-state index contributed by atoms with van der Waals surface area (Å²) in [5.74, 6) is -5.99. The van der Waals surface area contributed by atoms with Gasteiger partial charge in [-0.2, -0.15) is 13.2 Å². The third-order valence-electron chi connectivity index (χ3n) is 4.36. The highest BCUT2D eigenvalue weighted by molar-refractivity contribution is 7.91. The summed E-state index contributed by atoms with van der Waals surface area (Å²) >= 11 is 0. The number of nitrogens with one attached hydrogen (secondary N) is 2. The predicted molar refractivity (Wildman–Crippen MR) is 126 cm³/mol. The maximum absolute atomic E-state index is 13.1. The van der Waals surface area contributed by atoms with Gasteiger partial charge in [-0.25, -0.2) is 17.6 Å². The Bertz CT molecular complexity index is 1320. The minimum atomic E-state index is -5.08. The number of halogens is 4. The van der Waals surface area contributed by atoms with Crippen LogP contribution in [0.15, 0.2) is 40.3 Å². The lowest BCUT2D eigenvalue weighted by atomic mass is 9.94. The topological polar surface area (TPSA) is 233 Å². The van der Waals surface area contributed by atoms with Crippen LogP contribution >= 0.6 is 0 Å². The molecule has 1 aromatic heterocycles. The molecule has 0 aliphatic carbocycles. The van der Waals surface area contributed by atoms with Crippen molar-refractivity contribution in [3.8, 4) is 0 Å². The number of hydrogen-bond donors (Lipinski definition) is 6. The van der Waals surface area contributed by atoms with Gasteiger partial charge in [0.1, 0.15) is 18.1 Å². The molecule has 0 fully saturated rings. The highest BCUT2D eigenvalue weighted by atomic mass is 32.2. The molecule has 0 spiro atoms. The number of aryl methyl sites for hydroxylation is 1. The molecule has 210 valence electrons. The van der Waals surface area contributed by atoms with Crippen molar-refractivity contribution in [1.29, 1.82) is 0 Å². The van der Waals surface area contributed by atoms with Gasteiger partial charge in [-0.3, -0.25) is 14.3 Å². The number of anilines is 1. The molecule has 1 amide bonds. The van der Waals surface area contributed by atoms with E-state index in [0.717, 1.165) is 12.1 Å². The Labute approximate surface area is 212 Å². The third kappa shape index (κ3) is 10.7. The Morgan fingerprint density at radius 1 is 1.18 bits per heavy atom. The van der Waals surface area contributed by atoms with E-state index in [1.165, 1.54) is 18.2 Å². The molecule has 2 rings (SSSR count). The fourth-order valence-corrected chi connectivity index (χ4v) is 4.05. The largest absolute Gasteiger partial charge is 0.490 e. The first-order valence-electron chi connectivity index (χ1n) is 10.2. The number of nitrogens with two attached hydrogens (primary N) is 3. The van der Waals surface area contributed by atoms with Gasteiger partial charge in [0.25, 0.3) is 5.56 Å². The van der Waals surface area contributed by atoms with Crippen molar-refractivity contribution >= 4 is 33.5 Å². The van der Waals surface area contributed by atoms with Gasteiger partial charge in [0.05, 0.1) is 11.7 Å². The lowest BCUT2D eigenvalue weighted by Gasteiger charge is -2.18. The van der Waals surface area contributed by atoms with Crippen LogP contribution in [0.4, 0.5) is 23.2 Å². The number of primary amides is 1. The summed E-state index contributed by atoms with van der Waals surface area (Å²) in [6, 6.07) is 6.29. The molecule has 0 aliphatic rings. The summed E-state index contributed by atoms with van der Waals surface area (Å²) in [5, 5.41) is 10.5. The van der Waals surface area contributed by atoms with E-state index >= 15 is 0 Å². The fourth-order valence-electron chi connectivity index (χ4n) is 2.83. The van der Waals surface area contributed by atoms with E-state index in [4.69, 9.17) is 31.9 Å². The zero-order chi connectivity index (χ0) is 29.3. The van der Waals surface area contributed by atoms with Crippen molar-refractivity contribution in [2.24, 2.45) is 22.4 Å². The summed E-state index contributed by atoms with van der Waals surface area (Å²) in [6.45, 7) is 1.44. The van der Waals surface area contributed by atoms with Gasteiger partial charge in [-0.15, -0.1) is 0 Å². The van der Waals surface area contributed by atoms with Crippen LogP contribution in [0.1, 0.15) is 29.2 Å². The third-order valence-corrected chi connectivity index (χ3v) is 5.58.